The SMILES string of the molecule is CC(/C=C/c1ccccc1Cl)=N\O. The summed E-state index contributed by atoms with van der Waals surface area (Å²) in [4.78, 5) is 0. The van der Waals surface area contributed by atoms with E-state index >= 15 is 0 Å². The van der Waals surface area contributed by atoms with Gasteiger partial charge in [0, 0.05) is 5.02 Å². The molecule has 0 fully saturated rings. The van der Waals surface area contributed by atoms with Gasteiger partial charge in [0.05, 0.1) is 5.71 Å². The predicted octanol–water partition coefficient (Wildman–Crippen LogP) is 3.20. The van der Waals surface area contributed by atoms with Gasteiger partial charge in [0.1, 0.15) is 0 Å². The Bertz CT molecular complexity index is 345. The summed E-state index contributed by atoms with van der Waals surface area (Å²) in [5.41, 5.74) is 1.45. The normalized spacial score (nSPS) is 12.3. The Balaban J connectivity index is 2.86. The van der Waals surface area contributed by atoms with Crippen molar-refractivity contribution in [3.8, 4) is 0 Å². The van der Waals surface area contributed by atoms with Gasteiger partial charge < -0.3 is 5.21 Å². The molecule has 0 heterocycles. The fourth-order valence-corrected chi connectivity index (χ4v) is 1.05. The molecule has 0 aliphatic heterocycles. The third-order valence-electron chi connectivity index (χ3n) is 1.57. The lowest BCUT2D eigenvalue weighted by atomic mass is 10.2. The van der Waals surface area contributed by atoms with Crippen LogP contribution in [0.3, 0.4) is 0 Å². The monoisotopic (exact) mass is 195 g/mol. The van der Waals surface area contributed by atoms with Crippen LogP contribution in [0.4, 0.5) is 0 Å². The van der Waals surface area contributed by atoms with Gasteiger partial charge in [0.15, 0.2) is 0 Å². The van der Waals surface area contributed by atoms with Crippen LogP contribution in [0.2, 0.25) is 5.02 Å². The maximum atomic E-state index is 8.39. The number of halogens is 1. The maximum absolute atomic E-state index is 8.39. The number of hydrogen-bond donors (Lipinski definition) is 1. The van der Waals surface area contributed by atoms with Crippen molar-refractivity contribution < 1.29 is 5.21 Å². The number of nitrogens with zero attached hydrogens (tertiary/aromatic N) is 1. The highest BCUT2D eigenvalue weighted by Gasteiger charge is 1.92. The van der Waals surface area contributed by atoms with E-state index in [9.17, 15) is 0 Å². The summed E-state index contributed by atoms with van der Waals surface area (Å²) < 4.78 is 0. The van der Waals surface area contributed by atoms with Crippen LogP contribution in [0.25, 0.3) is 6.08 Å². The van der Waals surface area contributed by atoms with Gasteiger partial charge >= 0.3 is 0 Å². The quantitative estimate of drug-likeness (QED) is 0.439. The second-order valence-electron chi connectivity index (χ2n) is 2.60. The summed E-state index contributed by atoms with van der Waals surface area (Å²) in [5.74, 6) is 0. The summed E-state index contributed by atoms with van der Waals surface area (Å²) in [6.45, 7) is 1.70. The van der Waals surface area contributed by atoms with Gasteiger partial charge in [0.2, 0.25) is 0 Å². The predicted molar refractivity (Wildman–Crippen MR) is 55.4 cm³/mol. The highest BCUT2D eigenvalue weighted by Crippen LogP contribution is 2.16. The third-order valence-corrected chi connectivity index (χ3v) is 1.91. The molecule has 0 aromatic heterocycles. The minimum Gasteiger partial charge on any atom is -0.411 e. The molecule has 1 aromatic rings. The molecule has 1 rings (SSSR count). The molecule has 0 bridgehead atoms. The fourth-order valence-electron chi connectivity index (χ4n) is 0.854. The summed E-state index contributed by atoms with van der Waals surface area (Å²) in [5, 5.41) is 12.1. The molecule has 0 radical (unpaired) electrons. The Morgan fingerprint density at radius 2 is 2.15 bits per heavy atom. The lowest BCUT2D eigenvalue weighted by Crippen LogP contribution is -1.82. The van der Waals surface area contributed by atoms with Crippen LogP contribution in [-0.2, 0) is 0 Å². The van der Waals surface area contributed by atoms with E-state index < -0.39 is 0 Å². The molecular formula is C10H10ClNO. The molecule has 0 saturated carbocycles. The van der Waals surface area contributed by atoms with Crippen LogP contribution in [0.5, 0.6) is 0 Å². The zero-order valence-corrected chi connectivity index (χ0v) is 7.99. The lowest BCUT2D eigenvalue weighted by molar-refractivity contribution is 0.319. The number of benzene rings is 1. The second kappa shape index (κ2) is 4.67. The van der Waals surface area contributed by atoms with E-state index in [1.807, 2.05) is 24.3 Å². The van der Waals surface area contributed by atoms with Crippen molar-refractivity contribution in [1.82, 2.24) is 0 Å². The van der Waals surface area contributed by atoms with E-state index in [0.717, 1.165) is 5.56 Å². The molecule has 2 nitrogen and oxygen atoms in total. The Hall–Kier alpha value is -1.28. The third kappa shape index (κ3) is 2.92. The van der Waals surface area contributed by atoms with E-state index in [0.29, 0.717) is 10.7 Å². The first kappa shape index (κ1) is 9.81. The molecule has 68 valence electrons. The summed E-state index contributed by atoms with van der Waals surface area (Å²) >= 11 is 5.90. The minimum absolute atomic E-state index is 0.542. The molecular weight excluding hydrogens is 186 g/mol. The first-order chi connectivity index (χ1) is 6.24. The van der Waals surface area contributed by atoms with Gasteiger partial charge in [-0.05, 0) is 24.6 Å². The van der Waals surface area contributed by atoms with Gasteiger partial charge in [0.25, 0.3) is 0 Å². The van der Waals surface area contributed by atoms with Crippen LogP contribution in [0.15, 0.2) is 35.5 Å². The maximum Gasteiger partial charge on any atom is 0.0765 e. The van der Waals surface area contributed by atoms with E-state index in [2.05, 4.69) is 5.16 Å². The van der Waals surface area contributed by atoms with E-state index in [1.165, 1.54) is 0 Å². The van der Waals surface area contributed by atoms with Gasteiger partial charge in [-0.15, -0.1) is 0 Å². The van der Waals surface area contributed by atoms with E-state index in [-0.39, 0.29) is 0 Å². The zero-order valence-electron chi connectivity index (χ0n) is 7.24. The zero-order chi connectivity index (χ0) is 9.68. The fraction of sp³-hybridized carbons (Fsp3) is 0.100. The van der Waals surface area contributed by atoms with Crippen molar-refractivity contribution >= 4 is 23.4 Å². The summed E-state index contributed by atoms with van der Waals surface area (Å²) in [6, 6.07) is 7.47. The van der Waals surface area contributed by atoms with Crippen LogP contribution >= 0.6 is 11.6 Å². The van der Waals surface area contributed by atoms with Crippen molar-refractivity contribution in [2.24, 2.45) is 5.16 Å². The molecule has 0 aliphatic rings. The topological polar surface area (TPSA) is 32.6 Å². The van der Waals surface area contributed by atoms with Crippen molar-refractivity contribution in [2.75, 3.05) is 0 Å². The van der Waals surface area contributed by atoms with Crippen molar-refractivity contribution in [2.45, 2.75) is 6.92 Å². The van der Waals surface area contributed by atoms with Crippen molar-refractivity contribution in [3.63, 3.8) is 0 Å². The lowest BCUT2D eigenvalue weighted by Gasteiger charge is -1.95. The molecule has 13 heavy (non-hydrogen) atoms. The molecule has 0 spiro atoms. The van der Waals surface area contributed by atoms with Crippen LogP contribution < -0.4 is 0 Å². The standard InChI is InChI=1S/C10H10ClNO/c1-8(12-13)6-7-9-4-2-3-5-10(9)11/h2-7,13H,1H3/b7-6+,12-8+. The highest BCUT2D eigenvalue weighted by atomic mass is 35.5. The molecule has 3 heteroatoms. The molecule has 0 unspecified atom stereocenters. The Labute approximate surface area is 82.1 Å². The molecule has 1 aromatic carbocycles. The largest absolute Gasteiger partial charge is 0.411 e. The number of oxime groups is 1. The average Bonchev–Trinajstić information content (AvgIpc) is 2.16. The van der Waals surface area contributed by atoms with E-state index in [4.69, 9.17) is 16.8 Å². The number of hydrogen-bond acceptors (Lipinski definition) is 2. The van der Waals surface area contributed by atoms with Crippen LogP contribution in [-0.4, -0.2) is 10.9 Å². The van der Waals surface area contributed by atoms with Gasteiger partial charge in [-0.3, -0.25) is 0 Å². The van der Waals surface area contributed by atoms with Gasteiger partial charge in [-0.25, -0.2) is 0 Å². The number of rotatable bonds is 2. The van der Waals surface area contributed by atoms with E-state index in [1.54, 1.807) is 19.1 Å². The molecule has 0 atom stereocenters. The smallest absolute Gasteiger partial charge is 0.0765 e. The number of allylic oxidation sites excluding steroid dienone is 1. The highest BCUT2D eigenvalue weighted by molar-refractivity contribution is 6.32. The average molecular weight is 196 g/mol. The molecule has 0 saturated heterocycles. The Morgan fingerprint density at radius 3 is 2.77 bits per heavy atom. The molecule has 1 N–H and O–H groups in total. The van der Waals surface area contributed by atoms with Crippen LogP contribution in [0, 0.1) is 0 Å². The Kier molecular flexibility index (Phi) is 3.53. The Morgan fingerprint density at radius 1 is 1.46 bits per heavy atom. The van der Waals surface area contributed by atoms with Crippen molar-refractivity contribution in [1.29, 1.82) is 0 Å². The second-order valence-corrected chi connectivity index (χ2v) is 3.00. The minimum atomic E-state index is 0.542. The molecule has 0 aliphatic carbocycles. The summed E-state index contributed by atoms with van der Waals surface area (Å²) in [6.07, 6.45) is 3.50. The van der Waals surface area contributed by atoms with Gasteiger partial charge in [-0.2, -0.15) is 0 Å². The van der Waals surface area contributed by atoms with Crippen LogP contribution in [0.1, 0.15) is 12.5 Å². The first-order valence-electron chi connectivity index (χ1n) is 3.85. The molecule has 0 amide bonds. The first-order valence-corrected chi connectivity index (χ1v) is 4.23. The summed E-state index contributed by atoms with van der Waals surface area (Å²) in [7, 11) is 0. The van der Waals surface area contributed by atoms with Crippen molar-refractivity contribution in [3.05, 3.63) is 40.9 Å². The van der Waals surface area contributed by atoms with Gasteiger partial charge in [-0.1, -0.05) is 41.0 Å².